The zero-order valence-corrected chi connectivity index (χ0v) is 10.0. The minimum Gasteiger partial charge on any atom is -0.481 e. The van der Waals surface area contributed by atoms with Gasteiger partial charge in [0.1, 0.15) is 6.04 Å². The number of rotatable bonds is 2. The van der Waals surface area contributed by atoms with Crippen LogP contribution in [0.15, 0.2) is 0 Å². The van der Waals surface area contributed by atoms with Gasteiger partial charge in [-0.2, -0.15) is 0 Å². The Labute approximate surface area is 105 Å². The number of aliphatic carboxylic acids is 1. The van der Waals surface area contributed by atoms with Crippen LogP contribution in [0.3, 0.4) is 0 Å². The van der Waals surface area contributed by atoms with Crippen LogP contribution in [0.5, 0.6) is 0 Å². The monoisotopic (exact) mass is 255 g/mol. The highest BCUT2D eigenvalue weighted by atomic mass is 16.4. The smallest absolute Gasteiger partial charge is 0.306 e. The minimum atomic E-state index is -0.787. The molecule has 0 aromatic rings. The largest absolute Gasteiger partial charge is 0.481 e. The minimum absolute atomic E-state index is 0.0566. The van der Waals surface area contributed by atoms with Crippen molar-refractivity contribution in [2.45, 2.75) is 18.9 Å². The lowest BCUT2D eigenvalue weighted by atomic mass is 9.96. The normalized spacial score (nSPS) is 25.7. The van der Waals surface area contributed by atoms with Crippen molar-refractivity contribution >= 4 is 17.8 Å². The molecule has 7 heteroatoms. The van der Waals surface area contributed by atoms with Gasteiger partial charge in [0.25, 0.3) is 0 Å². The van der Waals surface area contributed by atoms with Crippen LogP contribution in [0.4, 0.5) is 0 Å². The van der Waals surface area contributed by atoms with E-state index < -0.39 is 5.97 Å². The lowest BCUT2D eigenvalue weighted by Crippen LogP contribution is -2.59. The summed E-state index contributed by atoms with van der Waals surface area (Å²) in [5, 5.41) is 14.4. The molecule has 0 radical (unpaired) electrons. The van der Waals surface area contributed by atoms with E-state index in [-0.39, 0.29) is 30.3 Å². The zero-order chi connectivity index (χ0) is 13.1. The Bertz CT molecular complexity index is 353. The predicted molar refractivity (Wildman–Crippen MR) is 61.7 cm³/mol. The quantitative estimate of drug-likeness (QED) is 0.552. The van der Waals surface area contributed by atoms with Crippen LogP contribution < -0.4 is 10.6 Å². The molecule has 2 amide bonds. The number of piperazine rings is 1. The molecule has 0 aromatic carbocycles. The van der Waals surface area contributed by atoms with E-state index in [1.807, 2.05) is 0 Å². The van der Waals surface area contributed by atoms with Crippen LogP contribution in [0, 0.1) is 5.92 Å². The third-order valence-corrected chi connectivity index (χ3v) is 3.47. The molecule has 0 aliphatic carbocycles. The molecule has 2 aliphatic heterocycles. The molecule has 3 N–H and O–H groups in total. The molecule has 0 aromatic heterocycles. The number of likely N-dealkylation sites (tertiary alicyclic amines) is 1. The van der Waals surface area contributed by atoms with Crippen molar-refractivity contribution in [2.24, 2.45) is 5.92 Å². The van der Waals surface area contributed by atoms with Crippen molar-refractivity contribution in [3.8, 4) is 0 Å². The first-order valence-electron chi connectivity index (χ1n) is 6.09. The molecule has 2 heterocycles. The standard InChI is InChI=1S/C11H17N3O4/c15-9-6-12-8(5-13-9)10(16)14-3-1-7(2-4-14)11(17)18/h7-8,12H,1-6H2,(H,13,15)(H,17,18). The lowest BCUT2D eigenvalue weighted by molar-refractivity contribution is -0.146. The maximum absolute atomic E-state index is 12.1. The fourth-order valence-electron chi connectivity index (χ4n) is 2.31. The summed E-state index contributed by atoms with van der Waals surface area (Å²) in [4.78, 5) is 35.5. The van der Waals surface area contributed by atoms with Crippen molar-refractivity contribution in [3.05, 3.63) is 0 Å². The number of piperidine rings is 1. The van der Waals surface area contributed by atoms with Gasteiger partial charge in [0, 0.05) is 19.6 Å². The fourth-order valence-corrected chi connectivity index (χ4v) is 2.31. The first-order chi connectivity index (χ1) is 8.58. The third kappa shape index (κ3) is 2.79. The van der Waals surface area contributed by atoms with Crippen LogP contribution >= 0.6 is 0 Å². The van der Waals surface area contributed by atoms with Crippen molar-refractivity contribution in [1.82, 2.24) is 15.5 Å². The van der Waals surface area contributed by atoms with Crippen LogP contribution in [-0.4, -0.2) is 60.0 Å². The van der Waals surface area contributed by atoms with Gasteiger partial charge < -0.3 is 15.3 Å². The topological polar surface area (TPSA) is 98.7 Å². The molecular formula is C11H17N3O4. The van der Waals surface area contributed by atoms with Crippen LogP contribution in [0.2, 0.25) is 0 Å². The van der Waals surface area contributed by atoms with E-state index in [0.29, 0.717) is 32.5 Å². The second kappa shape index (κ2) is 5.34. The number of hydrogen-bond acceptors (Lipinski definition) is 4. The molecule has 2 saturated heterocycles. The molecule has 2 fully saturated rings. The molecule has 100 valence electrons. The first-order valence-corrected chi connectivity index (χ1v) is 6.09. The maximum atomic E-state index is 12.1. The molecule has 18 heavy (non-hydrogen) atoms. The van der Waals surface area contributed by atoms with E-state index in [1.165, 1.54) is 0 Å². The van der Waals surface area contributed by atoms with E-state index in [9.17, 15) is 14.4 Å². The van der Waals surface area contributed by atoms with Gasteiger partial charge in [0.05, 0.1) is 12.5 Å². The molecular weight excluding hydrogens is 238 g/mol. The highest BCUT2D eigenvalue weighted by molar-refractivity contribution is 5.87. The van der Waals surface area contributed by atoms with Crippen molar-refractivity contribution in [1.29, 1.82) is 0 Å². The highest BCUT2D eigenvalue weighted by Gasteiger charge is 2.32. The molecule has 7 nitrogen and oxygen atoms in total. The number of hydrogen-bond donors (Lipinski definition) is 3. The number of carboxylic acid groups (broad SMARTS) is 1. The van der Waals surface area contributed by atoms with Gasteiger partial charge in [0.15, 0.2) is 0 Å². The lowest BCUT2D eigenvalue weighted by Gasteiger charge is -2.34. The molecule has 1 atom stereocenters. The second-order valence-electron chi connectivity index (χ2n) is 4.68. The Balaban J connectivity index is 1.84. The number of carboxylic acids is 1. The molecule has 0 spiro atoms. The van der Waals surface area contributed by atoms with Gasteiger partial charge in [-0.15, -0.1) is 0 Å². The van der Waals surface area contributed by atoms with Gasteiger partial charge in [-0.1, -0.05) is 0 Å². The number of carbonyl (C=O) groups excluding carboxylic acids is 2. The van der Waals surface area contributed by atoms with Gasteiger partial charge in [-0.25, -0.2) is 0 Å². The van der Waals surface area contributed by atoms with Crippen molar-refractivity contribution < 1.29 is 19.5 Å². The number of carbonyl (C=O) groups is 3. The Hall–Kier alpha value is -1.63. The first kappa shape index (κ1) is 12.8. The van der Waals surface area contributed by atoms with Gasteiger partial charge in [-0.05, 0) is 12.8 Å². The zero-order valence-electron chi connectivity index (χ0n) is 10.0. The summed E-state index contributed by atoms with van der Waals surface area (Å²) in [7, 11) is 0. The van der Waals surface area contributed by atoms with E-state index in [1.54, 1.807) is 4.90 Å². The van der Waals surface area contributed by atoms with Gasteiger partial charge in [0.2, 0.25) is 11.8 Å². The summed E-state index contributed by atoms with van der Waals surface area (Å²) >= 11 is 0. The van der Waals surface area contributed by atoms with E-state index in [0.717, 1.165) is 0 Å². The van der Waals surface area contributed by atoms with Crippen molar-refractivity contribution in [3.63, 3.8) is 0 Å². The predicted octanol–water partition coefficient (Wildman–Crippen LogP) is -1.60. The summed E-state index contributed by atoms with van der Waals surface area (Å²) in [5.74, 6) is -1.29. The van der Waals surface area contributed by atoms with E-state index >= 15 is 0 Å². The Morgan fingerprint density at radius 3 is 2.44 bits per heavy atom. The fraction of sp³-hybridized carbons (Fsp3) is 0.727. The maximum Gasteiger partial charge on any atom is 0.306 e. The summed E-state index contributed by atoms with van der Waals surface area (Å²) in [6.07, 6.45) is 1.00. The Morgan fingerprint density at radius 1 is 1.28 bits per heavy atom. The number of nitrogens with one attached hydrogen (secondary N) is 2. The molecule has 0 saturated carbocycles. The molecule has 0 bridgehead atoms. The molecule has 2 rings (SSSR count). The van der Waals surface area contributed by atoms with Gasteiger partial charge >= 0.3 is 5.97 Å². The van der Waals surface area contributed by atoms with Gasteiger partial charge in [-0.3, -0.25) is 19.7 Å². The van der Waals surface area contributed by atoms with Crippen molar-refractivity contribution in [2.75, 3.05) is 26.2 Å². The SMILES string of the molecule is O=C1CNC(C(=O)N2CCC(C(=O)O)CC2)CN1. The second-order valence-corrected chi connectivity index (χ2v) is 4.68. The average Bonchev–Trinajstić information content (AvgIpc) is 2.39. The summed E-state index contributed by atoms with van der Waals surface area (Å²) < 4.78 is 0. The Morgan fingerprint density at radius 2 is 1.94 bits per heavy atom. The van der Waals surface area contributed by atoms with Crippen LogP contribution in [0.1, 0.15) is 12.8 Å². The summed E-state index contributed by atoms with van der Waals surface area (Å²) in [6, 6.07) is -0.385. The highest BCUT2D eigenvalue weighted by Crippen LogP contribution is 2.17. The summed E-state index contributed by atoms with van der Waals surface area (Å²) in [5.41, 5.74) is 0. The number of nitrogens with zero attached hydrogens (tertiary/aromatic N) is 1. The number of amides is 2. The molecule has 2 aliphatic rings. The third-order valence-electron chi connectivity index (χ3n) is 3.47. The Kier molecular flexibility index (Phi) is 3.81. The average molecular weight is 255 g/mol. The summed E-state index contributed by atoms with van der Waals surface area (Å²) in [6.45, 7) is 1.41. The van der Waals surface area contributed by atoms with E-state index in [4.69, 9.17) is 5.11 Å². The molecule has 1 unspecified atom stereocenters. The van der Waals surface area contributed by atoms with E-state index in [2.05, 4.69) is 10.6 Å². The van der Waals surface area contributed by atoms with Crippen LogP contribution in [-0.2, 0) is 14.4 Å². The van der Waals surface area contributed by atoms with Crippen LogP contribution in [0.25, 0.3) is 0 Å².